The molecule has 3 rings (SSSR count). The predicted molar refractivity (Wildman–Crippen MR) is 109 cm³/mol. The maximum atomic E-state index is 12.0. The van der Waals surface area contributed by atoms with Crippen molar-refractivity contribution in [1.29, 1.82) is 0 Å². The summed E-state index contributed by atoms with van der Waals surface area (Å²) >= 11 is 0. The molecule has 0 aliphatic carbocycles. The second-order valence-corrected chi connectivity index (χ2v) is 8.09. The highest BCUT2D eigenvalue weighted by Crippen LogP contribution is 2.11. The second kappa shape index (κ2) is 9.45. The summed E-state index contributed by atoms with van der Waals surface area (Å²) in [5, 5.41) is 15.9. The Bertz CT molecular complexity index is 924. The minimum Gasteiger partial charge on any atom is -0.445 e. The summed E-state index contributed by atoms with van der Waals surface area (Å²) in [6.45, 7) is 5.89. The van der Waals surface area contributed by atoms with E-state index in [-0.39, 0.29) is 25.1 Å². The number of amides is 3. The van der Waals surface area contributed by atoms with E-state index in [9.17, 15) is 14.4 Å². The van der Waals surface area contributed by atoms with Gasteiger partial charge in [0.15, 0.2) is 0 Å². The first kappa shape index (κ1) is 22.1. The Kier molecular flexibility index (Phi) is 6.73. The molecule has 11 nitrogen and oxygen atoms in total. The second-order valence-electron chi connectivity index (χ2n) is 8.09. The molecule has 1 aromatic carbocycles. The lowest BCUT2D eigenvalue weighted by molar-refractivity contribution is -0.132. The van der Waals surface area contributed by atoms with Crippen molar-refractivity contribution in [3.63, 3.8) is 0 Å². The van der Waals surface area contributed by atoms with Crippen LogP contribution in [0.3, 0.4) is 0 Å². The van der Waals surface area contributed by atoms with Crippen molar-refractivity contribution in [2.75, 3.05) is 0 Å². The number of rotatable bonds is 7. The summed E-state index contributed by atoms with van der Waals surface area (Å²) < 4.78 is 11.8. The van der Waals surface area contributed by atoms with Crippen molar-refractivity contribution < 1.29 is 23.9 Å². The molecule has 3 amide bonds. The van der Waals surface area contributed by atoms with Crippen LogP contribution in [0.25, 0.3) is 0 Å². The van der Waals surface area contributed by atoms with E-state index in [2.05, 4.69) is 26.3 Å². The highest BCUT2D eigenvalue weighted by molar-refractivity contribution is 5.92. The molecule has 0 spiro atoms. The molecule has 0 saturated carbocycles. The molecule has 31 heavy (non-hydrogen) atoms. The quantitative estimate of drug-likeness (QED) is 0.560. The Morgan fingerprint density at radius 1 is 1.19 bits per heavy atom. The monoisotopic (exact) mass is 430 g/mol. The summed E-state index contributed by atoms with van der Waals surface area (Å²) in [7, 11) is 0. The number of nitrogens with zero attached hydrogens (tertiary/aromatic N) is 3. The number of aromatic nitrogens is 3. The number of nitrogens with one attached hydrogen (secondary N) is 3. The van der Waals surface area contributed by atoms with E-state index in [1.54, 1.807) is 27.0 Å². The first-order chi connectivity index (χ1) is 14.7. The Balaban J connectivity index is 1.44. The normalized spacial score (nSPS) is 17.8. The van der Waals surface area contributed by atoms with Crippen LogP contribution in [0.2, 0.25) is 0 Å². The smallest absolute Gasteiger partial charge is 0.408 e. The van der Waals surface area contributed by atoms with Crippen LogP contribution in [0.1, 0.15) is 32.0 Å². The average molecular weight is 430 g/mol. The highest BCUT2D eigenvalue weighted by Gasteiger charge is 2.41. The maximum Gasteiger partial charge on any atom is 0.408 e. The number of carbonyl (C=O) groups is 3. The topological polar surface area (TPSA) is 136 Å². The molecular formula is C20H26N6O5. The van der Waals surface area contributed by atoms with E-state index in [0.29, 0.717) is 12.2 Å². The number of hydrogen-bond donors (Lipinski definition) is 3. The van der Waals surface area contributed by atoms with Crippen molar-refractivity contribution in [2.24, 2.45) is 0 Å². The van der Waals surface area contributed by atoms with E-state index in [1.807, 2.05) is 30.3 Å². The number of carbonyl (C=O) groups excluding carboxylic acids is 3. The van der Waals surface area contributed by atoms with Crippen molar-refractivity contribution >= 4 is 18.1 Å². The van der Waals surface area contributed by atoms with Gasteiger partial charge in [-0.1, -0.05) is 35.5 Å². The van der Waals surface area contributed by atoms with Crippen molar-refractivity contribution in [3.8, 4) is 0 Å². The number of alkyl carbamates (subject to hydrolysis) is 2. The predicted octanol–water partition coefficient (Wildman–Crippen LogP) is 1.10. The standard InChI is InChI=1S/C20H26N6O5/c1-20(2,3)31-18(28)21-9-14-10-26(25-24-14)11-15-16(17(27)22-15)23-19(29)30-12-13-7-5-4-6-8-13/h4-8,10,15-16H,9,11-12H2,1-3H3,(H,21,28)(H,22,27)(H,23,29)/t15-,16+/m1/s1. The SMILES string of the molecule is CC(C)(C)OC(=O)NCc1cn(C[C@H]2NC(=O)[C@H]2NC(=O)OCc2ccccc2)nn1. The molecule has 1 aliphatic heterocycles. The van der Waals surface area contributed by atoms with Gasteiger partial charge >= 0.3 is 12.2 Å². The van der Waals surface area contributed by atoms with Crippen LogP contribution in [0.4, 0.5) is 9.59 Å². The fourth-order valence-corrected chi connectivity index (χ4v) is 2.84. The summed E-state index contributed by atoms with van der Waals surface area (Å²) in [4.78, 5) is 35.6. The van der Waals surface area contributed by atoms with E-state index in [4.69, 9.17) is 9.47 Å². The Morgan fingerprint density at radius 2 is 1.94 bits per heavy atom. The van der Waals surface area contributed by atoms with E-state index >= 15 is 0 Å². The van der Waals surface area contributed by atoms with Gasteiger partial charge in [0.25, 0.3) is 0 Å². The minimum atomic E-state index is -0.726. The van der Waals surface area contributed by atoms with Crippen LogP contribution in [0, 0.1) is 0 Å². The fraction of sp³-hybridized carbons (Fsp3) is 0.450. The lowest BCUT2D eigenvalue weighted by Crippen LogP contribution is -2.70. The molecule has 0 radical (unpaired) electrons. The summed E-state index contributed by atoms with van der Waals surface area (Å²) in [5.41, 5.74) is 0.791. The lowest BCUT2D eigenvalue weighted by atomic mass is 9.99. The zero-order chi connectivity index (χ0) is 22.4. The molecule has 11 heteroatoms. The van der Waals surface area contributed by atoms with Gasteiger partial charge in [-0.05, 0) is 26.3 Å². The first-order valence-corrected chi connectivity index (χ1v) is 9.83. The molecule has 1 aliphatic rings. The third kappa shape index (κ3) is 6.69. The van der Waals surface area contributed by atoms with Gasteiger partial charge in [0.05, 0.1) is 25.3 Å². The Morgan fingerprint density at radius 3 is 2.61 bits per heavy atom. The number of ether oxygens (including phenoxy) is 2. The zero-order valence-electron chi connectivity index (χ0n) is 17.6. The third-order valence-corrected chi connectivity index (χ3v) is 4.28. The van der Waals surface area contributed by atoms with Gasteiger partial charge in [-0.3, -0.25) is 9.48 Å². The average Bonchev–Trinajstić information content (AvgIpc) is 3.16. The van der Waals surface area contributed by atoms with Gasteiger partial charge in [-0.15, -0.1) is 5.10 Å². The first-order valence-electron chi connectivity index (χ1n) is 9.83. The number of benzene rings is 1. The molecule has 3 N–H and O–H groups in total. The molecule has 1 aromatic heterocycles. The molecule has 0 bridgehead atoms. The van der Waals surface area contributed by atoms with E-state index < -0.39 is 23.8 Å². The lowest BCUT2D eigenvalue weighted by Gasteiger charge is -2.36. The van der Waals surface area contributed by atoms with Crippen LogP contribution in [0.5, 0.6) is 0 Å². The van der Waals surface area contributed by atoms with Crippen LogP contribution in [-0.2, 0) is 34.0 Å². The third-order valence-electron chi connectivity index (χ3n) is 4.28. The van der Waals surface area contributed by atoms with Gasteiger partial charge in [0.2, 0.25) is 5.91 Å². The fourth-order valence-electron chi connectivity index (χ4n) is 2.84. The van der Waals surface area contributed by atoms with Crippen LogP contribution >= 0.6 is 0 Å². The molecule has 1 fully saturated rings. The van der Waals surface area contributed by atoms with Crippen molar-refractivity contribution in [3.05, 3.63) is 47.8 Å². The zero-order valence-corrected chi connectivity index (χ0v) is 17.6. The Hall–Kier alpha value is -3.63. The van der Waals surface area contributed by atoms with Gasteiger partial charge in [0.1, 0.15) is 23.9 Å². The molecule has 2 aromatic rings. The van der Waals surface area contributed by atoms with Crippen LogP contribution < -0.4 is 16.0 Å². The van der Waals surface area contributed by atoms with Gasteiger partial charge in [0, 0.05) is 0 Å². The van der Waals surface area contributed by atoms with Crippen molar-refractivity contribution in [1.82, 2.24) is 30.9 Å². The molecule has 1 saturated heterocycles. The van der Waals surface area contributed by atoms with Gasteiger partial charge < -0.3 is 25.4 Å². The maximum absolute atomic E-state index is 12.0. The van der Waals surface area contributed by atoms with Crippen LogP contribution in [-0.4, -0.2) is 50.8 Å². The van der Waals surface area contributed by atoms with Gasteiger partial charge in [-0.2, -0.15) is 0 Å². The largest absolute Gasteiger partial charge is 0.445 e. The molecule has 2 heterocycles. The number of β-lactam (4-membered cyclic amide) rings is 1. The summed E-state index contributed by atoms with van der Waals surface area (Å²) in [6.07, 6.45) is 0.424. The van der Waals surface area contributed by atoms with Gasteiger partial charge in [-0.25, -0.2) is 9.59 Å². The Labute approximate surface area is 179 Å². The number of hydrogen-bond acceptors (Lipinski definition) is 7. The molecule has 2 atom stereocenters. The van der Waals surface area contributed by atoms with E-state index in [1.165, 1.54) is 4.68 Å². The summed E-state index contributed by atoms with van der Waals surface area (Å²) in [5.74, 6) is -0.298. The van der Waals surface area contributed by atoms with E-state index in [0.717, 1.165) is 5.56 Å². The summed E-state index contributed by atoms with van der Waals surface area (Å²) in [6, 6.07) is 8.16. The molecule has 0 unspecified atom stereocenters. The minimum absolute atomic E-state index is 0.114. The molecular weight excluding hydrogens is 404 g/mol. The van der Waals surface area contributed by atoms with Crippen LogP contribution in [0.15, 0.2) is 36.5 Å². The van der Waals surface area contributed by atoms with Crippen molar-refractivity contribution in [2.45, 2.75) is 58.2 Å². The molecule has 166 valence electrons. The highest BCUT2D eigenvalue weighted by atomic mass is 16.6.